The highest BCUT2D eigenvalue weighted by Gasteiger charge is 2.11. The monoisotopic (exact) mass is 433 g/mol. The van der Waals surface area contributed by atoms with Crippen molar-refractivity contribution in [1.82, 2.24) is 9.88 Å². The standard InChI is InChI=1S/C24H23N3O3S/c1-27(2)24(29)31-22-9-4-3-8-21(22)26-23(28)15-12-18-10-13-20(14-11-18)30-17-19-7-5-6-16-25-19/h3-16H,17H2,1-2H3,(H,26,28)/b15-12+. The maximum Gasteiger partial charge on any atom is 0.286 e. The second-order valence-electron chi connectivity index (χ2n) is 6.76. The average molecular weight is 434 g/mol. The van der Waals surface area contributed by atoms with E-state index in [1.807, 2.05) is 54.6 Å². The lowest BCUT2D eigenvalue weighted by atomic mass is 10.2. The highest BCUT2D eigenvalue weighted by Crippen LogP contribution is 2.28. The van der Waals surface area contributed by atoms with Crippen LogP contribution in [0.2, 0.25) is 0 Å². The third kappa shape index (κ3) is 7.01. The summed E-state index contributed by atoms with van der Waals surface area (Å²) in [4.78, 5) is 30.7. The van der Waals surface area contributed by atoms with Crippen LogP contribution in [0.15, 0.2) is 83.9 Å². The SMILES string of the molecule is CN(C)C(=O)Sc1ccccc1NC(=O)/C=C/c1ccc(OCc2ccccn2)cc1. The van der Waals surface area contributed by atoms with Crippen molar-refractivity contribution in [2.24, 2.45) is 0 Å². The first-order chi connectivity index (χ1) is 15.0. The number of para-hydroxylation sites is 1. The van der Waals surface area contributed by atoms with E-state index in [2.05, 4.69) is 10.3 Å². The van der Waals surface area contributed by atoms with Crippen molar-refractivity contribution < 1.29 is 14.3 Å². The van der Waals surface area contributed by atoms with E-state index in [9.17, 15) is 9.59 Å². The zero-order chi connectivity index (χ0) is 22.1. The van der Waals surface area contributed by atoms with E-state index >= 15 is 0 Å². The van der Waals surface area contributed by atoms with E-state index < -0.39 is 0 Å². The van der Waals surface area contributed by atoms with E-state index in [-0.39, 0.29) is 11.1 Å². The highest BCUT2D eigenvalue weighted by atomic mass is 32.2. The summed E-state index contributed by atoms with van der Waals surface area (Å²) < 4.78 is 5.71. The number of thioether (sulfide) groups is 1. The quantitative estimate of drug-likeness (QED) is 0.415. The van der Waals surface area contributed by atoms with Crippen LogP contribution in [0.1, 0.15) is 11.3 Å². The number of amides is 2. The van der Waals surface area contributed by atoms with Crippen LogP contribution in [0.25, 0.3) is 6.08 Å². The second-order valence-corrected chi connectivity index (χ2v) is 7.75. The number of aromatic nitrogens is 1. The third-order valence-electron chi connectivity index (χ3n) is 4.13. The first-order valence-electron chi connectivity index (χ1n) is 9.61. The largest absolute Gasteiger partial charge is 0.487 e. The van der Waals surface area contributed by atoms with Crippen LogP contribution in [0.5, 0.6) is 5.75 Å². The number of anilines is 1. The Bertz CT molecular complexity index is 1050. The molecule has 6 nitrogen and oxygen atoms in total. The molecular formula is C24H23N3O3S. The van der Waals surface area contributed by atoms with Gasteiger partial charge in [-0.1, -0.05) is 30.3 Å². The number of hydrogen-bond acceptors (Lipinski definition) is 5. The molecule has 1 heterocycles. The summed E-state index contributed by atoms with van der Waals surface area (Å²) in [5.74, 6) is 0.449. The molecule has 31 heavy (non-hydrogen) atoms. The van der Waals surface area contributed by atoms with E-state index in [1.165, 1.54) is 11.0 Å². The molecule has 0 bridgehead atoms. The summed E-state index contributed by atoms with van der Waals surface area (Å²) in [5.41, 5.74) is 2.32. The number of ether oxygens (including phenoxy) is 1. The summed E-state index contributed by atoms with van der Waals surface area (Å²) in [6.07, 6.45) is 4.91. The molecule has 1 aromatic heterocycles. The Kier molecular flexibility index (Phi) is 7.84. The molecule has 0 aliphatic rings. The van der Waals surface area contributed by atoms with E-state index in [0.717, 1.165) is 28.8 Å². The van der Waals surface area contributed by atoms with Crippen LogP contribution in [0, 0.1) is 0 Å². The molecule has 1 N–H and O–H groups in total. The highest BCUT2D eigenvalue weighted by molar-refractivity contribution is 8.13. The molecule has 2 aromatic carbocycles. The van der Waals surface area contributed by atoms with Gasteiger partial charge in [0.25, 0.3) is 5.24 Å². The molecule has 0 spiro atoms. The zero-order valence-electron chi connectivity index (χ0n) is 17.3. The Morgan fingerprint density at radius 1 is 1.03 bits per heavy atom. The van der Waals surface area contributed by atoms with Gasteiger partial charge in [-0.15, -0.1) is 0 Å². The minimum Gasteiger partial charge on any atom is -0.487 e. The van der Waals surface area contributed by atoms with Crippen LogP contribution in [-0.4, -0.2) is 35.1 Å². The molecule has 0 aliphatic heterocycles. The molecule has 3 rings (SSSR count). The van der Waals surface area contributed by atoms with Gasteiger partial charge in [0, 0.05) is 31.3 Å². The van der Waals surface area contributed by atoms with Crippen molar-refractivity contribution in [1.29, 1.82) is 0 Å². The number of nitrogens with one attached hydrogen (secondary N) is 1. The zero-order valence-corrected chi connectivity index (χ0v) is 18.1. The van der Waals surface area contributed by atoms with Gasteiger partial charge in [0.15, 0.2) is 0 Å². The number of rotatable bonds is 7. The molecule has 158 valence electrons. The van der Waals surface area contributed by atoms with Gasteiger partial charge < -0.3 is 15.0 Å². The van der Waals surface area contributed by atoms with Crippen molar-refractivity contribution >= 4 is 34.7 Å². The molecule has 0 fully saturated rings. The molecule has 0 aliphatic carbocycles. The summed E-state index contributed by atoms with van der Waals surface area (Å²) in [6, 6.07) is 20.3. The molecular weight excluding hydrogens is 410 g/mol. The first kappa shape index (κ1) is 22.1. The topological polar surface area (TPSA) is 71.5 Å². The van der Waals surface area contributed by atoms with Crippen LogP contribution in [0.3, 0.4) is 0 Å². The van der Waals surface area contributed by atoms with Crippen molar-refractivity contribution in [2.75, 3.05) is 19.4 Å². The van der Waals surface area contributed by atoms with Crippen molar-refractivity contribution in [3.63, 3.8) is 0 Å². The number of benzene rings is 2. The predicted octanol–water partition coefficient (Wildman–Crippen LogP) is 5.09. The lowest BCUT2D eigenvalue weighted by Crippen LogP contribution is -2.16. The van der Waals surface area contributed by atoms with E-state index in [4.69, 9.17) is 4.74 Å². The lowest BCUT2D eigenvalue weighted by Gasteiger charge is -2.12. The van der Waals surface area contributed by atoms with Crippen molar-refractivity contribution in [3.8, 4) is 5.75 Å². The fraction of sp³-hybridized carbons (Fsp3) is 0.125. The Morgan fingerprint density at radius 2 is 1.77 bits per heavy atom. The fourth-order valence-corrected chi connectivity index (χ4v) is 3.25. The van der Waals surface area contributed by atoms with Crippen LogP contribution in [0.4, 0.5) is 10.5 Å². The molecule has 3 aromatic rings. The smallest absolute Gasteiger partial charge is 0.286 e. The van der Waals surface area contributed by atoms with Crippen LogP contribution >= 0.6 is 11.8 Å². The molecule has 0 saturated heterocycles. The Hall–Kier alpha value is -3.58. The van der Waals surface area contributed by atoms with Gasteiger partial charge in [0.05, 0.1) is 11.4 Å². The minimum absolute atomic E-state index is 0.109. The van der Waals surface area contributed by atoms with Gasteiger partial charge in [0.2, 0.25) is 5.91 Å². The Labute approximate surface area is 185 Å². The molecule has 0 radical (unpaired) electrons. The summed E-state index contributed by atoms with van der Waals surface area (Å²) in [6.45, 7) is 0.395. The Morgan fingerprint density at radius 3 is 2.48 bits per heavy atom. The summed E-state index contributed by atoms with van der Waals surface area (Å²) in [7, 11) is 3.38. The van der Waals surface area contributed by atoms with Gasteiger partial charge in [-0.05, 0) is 59.8 Å². The van der Waals surface area contributed by atoms with Gasteiger partial charge in [-0.2, -0.15) is 0 Å². The maximum absolute atomic E-state index is 12.3. The van der Waals surface area contributed by atoms with Crippen molar-refractivity contribution in [3.05, 3.63) is 90.3 Å². The molecule has 0 unspecified atom stereocenters. The number of hydrogen-bond donors (Lipinski definition) is 1. The summed E-state index contributed by atoms with van der Waals surface area (Å²) >= 11 is 1.07. The van der Waals surface area contributed by atoms with Gasteiger partial charge >= 0.3 is 0 Å². The van der Waals surface area contributed by atoms with E-state index in [0.29, 0.717) is 17.2 Å². The number of nitrogens with zero attached hydrogens (tertiary/aromatic N) is 2. The first-order valence-corrected chi connectivity index (χ1v) is 10.4. The average Bonchev–Trinajstić information content (AvgIpc) is 2.79. The Balaban J connectivity index is 1.56. The molecule has 2 amide bonds. The molecule has 7 heteroatoms. The normalized spacial score (nSPS) is 10.6. The van der Waals surface area contributed by atoms with Gasteiger partial charge in [0.1, 0.15) is 12.4 Å². The molecule has 0 saturated carbocycles. The van der Waals surface area contributed by atoms with Gasteiger partial charge in [-0.25, -0.2) is 0 Å². The number of carbonyl (C=O) groups is 2. The lowest BCUT2D eigenvalue weighted by molar-refractivity contribution is -0.111. The second kappa shape index (κ2) is 11.0. The summed E-state index contributed by atoms with van der Waals surface area (Å²) in [5, 5.41) is 2.72. The number of carbonyl (C=O) groups excluding carboxylic acids is 2. The number of pyridine rings is 1. The van der Waals surface area contributed by atoms with Crippen LogP contribution in [-0.2, 0) is 11.4 Å². The predicted molar refractivity (Wildman–Crippen MR) is 124 cm³/mol. The van der Waals surface area contributed by atoms with Crippen molar-refractivity contribution in [2.45, 2.75) is 11.5 Å². The fourth-order valence-electron chi connectivity index (χ4n) is 2.51. The van der Waals surface area contributed by atoms with Crippen LogP contribution < -0.4 is 10.1 Å². The third-order valence-corrected chi connectivity index (χ3v) is 5.24. The maximum atomic E-state index is 12.3. The minimum atomic E-state index is -0.277. The van der Waals surface area contributed by atoms with E-state index in [1.54, 1.807) is 38.5 Å². The van der Waals surface area contributed by atoms with Gasteiger partial charge in [-0.3, -0.25) is 14.6 Å². The molecule has 0 atom stereocenters.